The Balaban J connectivity index is 0.000000115. The number of anilines is 8. The summed E-state index contributed by atoms with van der Waals surface area (Å²) in [5, 5.41) is 17.4. The average Bonchev–Trinajstić information content (AvgIpc) is 1.70. The third-order valence-electron chi connectivity index (χ3n) is 25.9. The smallest absolute Gasteiger partial charge is 0.456 e. The summed E-state index contributed by atoms with van der Waals surface area (Å²) in [6, 6.07) is 166. The molecule has 0 spiro atoms. The molecule has 21 aromatic carbocycles. The highest BCUT2D eigenvalue weighted by atomic mass is 127. The first-order valence-corrected chi connectivity index (χ1v) is 50.7. The van der Waals surface area contributed by atoms with Gasteiger partial charge in [0.2, 0.25) is 0 Å². The second-order valence-electron chi connectivity index (χ2n) is 35.7. The maximum atomic E-state index is 6.20. The van der Waals surface area contributed by atoms with Gasteiger partial charge >= 0.3 is 7.12 Å². The first-order chi connectivity index (χ1) is 68.3. The van der Waals surface area contributed by atoms with Gasteiger partial charge in [-0.1, -0.05) is 306 Å². The van der Waals surface area contributed by atoms with Gasteiger partial charge in [0.15, 0.2) is 0 Å². The van der Waals surface area contributed by atoms with Crippen LogP contribution in [-0.2, 0) is 9.31 Å². The van der Waals surface area contributed by atoms with Crippen molar-refractivity contribution in [3.8, 4) is 55.6 Å². The summed E-state index contributed by atoms with van der Waals surface area (Å²) in [5.41, 5.74) is 26.5. The first-order valence-electron chi connectivity index (χ1n) is 46.5. The monoisotopic (exact) mass is 2180 g/mol. The van der Waals surface area contributed by atoms with Gasteiger partial charge in [-0.05, 0) is 374 Å². The minimum Gasteiger partial charge on any atom is -0.456 e. The Hall–Kier alpha value is -14.2. The third-order valence-corrected chi connectivity index (χ3v) is 28.4. The molecule has 4 heterocycles. The van der Waals surface area contributed by atoms with Crippen LogP contribution in [0.3, 0.4) is 0 Å². The molecule has 0 saturated carbocycles. The van der Waals surface area contributed by atoms with E-state index in [0.29, 0.717) is 0 Å². The molecule has 1 saturated heterocycles. The van der Waals surface area contributed by atoms with E-state index in [-0.39, 0.29) is 18.3 Å². The zero-order valence-corrected chi connectivity index (χ0v) is 85.4. The predicted molar refractivity (Wildman–Crippen MR) is 612 cm³/mol. The topological polar surface area (TPSA) is 76.4 Å². The number of hydrogen-bond donors (Lipinski definition) is 1. The minimum absolute atomic E-state index is 0.328. The Bertz CT molecular complexity index is 8340. The van der Waals surface area contributed by atoms with Crippen LogP contribution in [0.1, 0.15) is 27.7 Å². The van der Waals surface area contributed by atoms with Gasteiger partial charge in [-0.25, -0.2) is 0 Å². The van der Waals surface area contributed by atoms with Crippen molar-refractivity contribution in [1.29, 1.82) is 0 Å². The number of hydrogen-bond acceptors (Lipinski definition) is 8. The quantitative estimate of drug-likeness (QED) is 0.0853. The SMILES string of the molecule is Brc1cc(Br)cc(-c2ccc3cc(I)ccc3c2)c1.Brc1cc(Br)cc(-c2ccc3cc(N(c4ccccc4)c4ccccc4)ccc3c2)c1.CC1(C)OB(c2ccc3oc4ccccc4c3c2)OC1(C)C.c1ccc(N(c2ccccc2)c2ccc3cc(-c4cc(-c5ccc6oc7ccccc7c6c5)cc(-c5ccc6oc7ccccc7c6c5)c4)ccc3c2)cc1.c1ccc(Nc2ccccc2)cc1. The number of fused-ring (bicyclic) bond motifs is 12. The van der Waals surface area contributed by atoms with Crippen LogP contribution in [0.25, 0.3) is 154 Å². The van der Waals surface area contributed by atoms with Gasteiger partial charge in [-0.2, -0.15) is 0 Å². The van der Waals surface area contributed by atoms with Gasteiger partial charge in [-0.15, -0.1) is 0 Å². The zero-order chi connectivity index (χ0) is 95.4. The van der Waals surface area contributed by atoms with Crippen LogP contribution in [0.15, 0.2) is 504 Å². The van der Waals surface area contributed by atoms with Crippen molar-refractivity contribution in [2.24, 2.45) is 0 Å². The third kappa shape index (κ3) is 20.4. The van der Waals surface area contributed by atoms with E-state index in [0.717, 1.165) is 168 Å². The second kappa shape index (κ2) is 40.7. The van der Waals surface area contributed by atoms with Gasteiger partial charge in [0.25, 0.3) is 0 Å². The maximum absolute atomic E-state index is 6.20. The lowest BCUT2D eigenvalue weighted by Crippen LogP contribution is -2.41. The van der Waals surface area contributed by atoms with Crippen molar-refractivity contribution < 1.29 is 22.6 Å². The molecule has 8 nitrogen and oxygen atoms in total. The molecule has 1 fully saturated rings. The molecule has 0 unspecified atom stereocenters. The highest BCUT2D eigenvalue weighted by molar-refractivity contribution is 14.1. The number of rotatable bonds is 14. The fourth-order valence-electron chi connectivity index (χ4n) is 18.2. The Morgan fingerprint density at radius 3 is 0.857 bits per heavy atom. The summed E-state index contributed by atoms with van der Waals surface area (Å²) in [7, 11) is -0.344. The Morgan fingerprint density at radius 1 is 0.221 bits per heavy atom. The molecule has 0 amide bonds. The van der Waals surface area contributed by atoms with Crippen molar-refractivity contribution in [3.63, 3.8) is 0 Å². The molecular weight excluding hydrogens is 2090 g/mol. The number of nitrogens with one attached hydrogen (secondary N) is 1. The summed E-state index contributed by atoms with van der Waals surface area (Å²) in [6.45, 7) is 8.27. The van der Waals surface area contributed by atoms with Crippen LogP contribution in [0, 0.1) is 3.57 Å². The zero-order valence-electron chi connectivity index (χ0n) is 76.9. The molecule has 25 rings (SSSR count). The van der Waals surface area contributed by atoms with Gasteiger partial charge in [0.05, 0.1) is 11.2 Å². The fourth-order valence-corrected chi connectivity index (χ4v) is 21.3. The number of benzene rings is 21. The van der Waals surface area contributed by atoms with Gasteiger partial charge in [-0.3, -0.25) is 0 Å². The molecule has 0 aliphatic carbocycles. The van der Waals surface area contributed by atoms with Crippen LogP contribution in [0.5, 0.6) is 0 Å². The number of para-hydroxylation sites is 9. The van der Waals surface area contributed by atoms with Crippen molar-refractivity contribution in [3.05, 3.63) is 495 Å². The number of nitrogens with zero attached hydrogens (tertiary/aromatic N) is 2. The minimum atomic E-state index is -0.344. The Kier molecular flexibility index (Phi) is 26.8. The van der Waals surface area contributed by atoms with E-state index in [9.17, 15) is 0 Å². The summed E-state index contributed by atoms with van der Waals surface area (Å²) in [6.07, 6.45) is 0. The molecule has 678 valence electrons. The lowest BCUT2D eigenvalue weighted by atomic mass is 9.78. The van der Waals surface area contributed by atoms with E-state index < -0.39 is 0 Å². The molecule has 1 aliphatic rings. The standard InChI is InChI=1S/C52H33NO2.C28H19Br2N.C18H19BO3.C16H9Br2I.C12H11N/c1-3-11-42(12-4-1)53(43-13-5-2-6-14-43)44-24-21-34-27-35(19-20-36(34)31-44)39-28-40(37-22-25-51-47(32-37)45-15-7-9-17-49(45)54-51)30-41(29-39)38-23-26-52-48(33-38)46-16-8-10-18-50(46)55-52;29-24-16-23(17-25(30)19-24)21-11-12-22-18-28(14-13-20(22)15-21)31(26-7-3-1-4-8-26)27-9-5-2-6-10-27;1-17(2)18(3,4)22-19(21-17)12-9-10-16-14(11-12)13-7-5-6-8-15(13)20-16;17-14-6-13(7-15(18)9-14)11-1-2-12-8-16(19)4-3-10(12)5-11;1-3-7-11(8-4-1)13-12-9-5-2-6-10-12/h1-33H;1-19H;5-11H,1-4H3;1-9H;1-10,13H. The van der Waals surface area contributed by atoms with E-state index in [1.54, 1.807) is 0 Å². The highest BCUT2D eigenvalue weighted by Gasteiger charge is 2.52. The van der Waals surface area contributed by atoms with Crippen LogP contribution >= 0.6 is 86.3 Å². The Morgan fingerprint density at radius 2 is 0.493 bits per heavy atom. The van der Waals surface area contributed by atoms with E-state index in [1.165, 1.54) is 58.1 Å². The average molecular weight is 2180 g/mol. The van der Waals surface area contributed by atoms with E-state index in [1.807, 2.05) is 121 Å². The van der Waals surface area contributed by atoms with Crippen LogP contribution < -0.4 is 20.6 Å². The largest absolute Gasteiger partial charge is 0.494 e. The Labute approximate surface area is 861 Å². The molecular formula is C126H91BBr4IN3O5. The molecule has 14 heteroatoms. The van der Waals surface area contributed by atoms with Crippen LogP contribution in [-0.4, -0.2) is 18.3 Å². The van der Waals surface area contributed by atoms with E-state index in [4.69, 9.17) is 22.6 Å². The molecule has 0 atom stereocenters. The van der Waals surface area contributed by atoms with Crippen molar-refractivity contribution >= 4 is 243 Å². The molecule has 3 aromatic heterocycles. The number of halogens is 5. The van der Waals surface area contributed by atoms with E-state index >= 15 is 0 Å². The van der Waals surface area contributed by atoms with E-state index in [2.05, 4.69) is 481 Å². The normalized spacial score (nSPS) is 12.5. The van der Waals surface area contributed by atoms with Crippen molar-refractivity contribution in [2.75, 3.05) is 15.1 Å². The molecule has 1 aliphatic heterocycles. The summed E-state index contributed by atoms with van der Waals surface area (Å²) >= 11 is 16.6. The van der Waals surface area contributed by atoms with Crippen LogP contribution in [0.4, 0.5) is 45.5 Å². The molecule has 0 radical (unpaired) electrons. The number of furan rings is 3. The fraction of sp³-hybridized carbons (Fsp3) is 0.0476. The lowest BCUT2D eigenvalue weighted by molar-refractivity contribution is 0.00578. The van der Waals surface area contributed by atoms with Gasteiger partial charge < -0.3 is 37.7 Å². The lowest BCUT2D eigenvalue weighted by Gasteiger charge is -2.32. The summed E-state index contributed by atoms with van der Waals surface area (Å²) in [5.74, 6) is 0. The summed E-state index contributed by atoms with van der Waals surface area (Å²) in [4.78, 5) is 4.60. The van der Waals surface area contributed by atoms with Crippen LogP contribution in [0.2, 0.25) is 0 Å². The molecule has 1 N–H and O–H groups in total. The van der Waals surface area contributed by atoms with Gasteiger partial charge in [0.1, 0.15) is 33.5 Å². The molecule has 0 bridgehead atoms. The maximum Gasteiger partial charge on any atom is 0.494 e. The van der Waals surface area contributed by atoms with Gasteiger partial charge in [0, 0.05) is 99.3 Å². The summed E-state index contributed by atoms with van der Waals surface area (Å²) < 4.78 is 36.1. The predicted octanol–water partition coefficient (Wildman–Crippen LogP) is 38.6. The molecule has 140 heavy (non-hydrogen) atoms. The first kappa shape index (κ1) is 92.2. The molecule has 24 aromatic rings. The van der Waals surface area contributed by atoms with Crippen molar-refractivity contribution in [2.45, 2.75) is 38.9 Å². The highest BCUT2D eigenvalue weighted by Crippen LogP contribution is 2.45. The second-order valence-corrected chi connectivity index (χ2v) is 40.7. The van der Waals surface area contributed by atoms with Crippen molar-refractivity contribution in [1.82, 2.24) is 0 Å².